The van der Waals surface area contributed by atoms with E-state index in [0.717, 1.165) is 11.1 Å². The normalized spacial score (nSPS) is 11.8. The first-order valence-corrected chi connectivity index (χ1v) is 13.9. The van der Waals surface area contributed by atoms with Crippen LogP contribution in [0.4, 0.5) is 5.69 Å². The number of nitrogens with one attached hydrogen (secondary N) is 1. The van der Waals surface area contributed by atoms with Crippen LogP contribution in [0.5, 0.6) is 5.75 Å². The number of anilines is 1. The van der Waals surface area contributed by atoms with Crippen molar-refractivity contribution in [2.75, 3.05) is 25.4 Å². The molecular weight excluding hydrogens is 527 g/mol. The molecule has 0 spiro atoms. The monoisotopic (exact) mass is 554 g/mol. The molecule has 3 rings (SSSR count). The third-order valence-electron chi connectivity index (χ3n) is 4.67. The van der Waals surface area contributed by atoms with Gasteiger partial charge in [-0.1, -0.05) is 54.1 Å². The van der Waals surface area contributed by atoms with Crippen molar-refractivity contribution in [1.82, 2.24) is 4.90 Å². The number of likely N-dealkylation sites (N-methyl/N-ethyl adjacent to an activating group) is 1. The van der Waals surface area contributed by atoms with Crippen LogP contribution in [0.25, 0.3) is 6.08 Å². The summed E-state index contributed by atoms with van der Waals surface area (Å²) >= 11 is 5.91. The third-order valence-corrected chi connectivity index (χ3v) is 6.30. The van der Waals surface area contributed by atoms with E-state index >= 15 is 0 Å². The van der Waals surface area contributed by atoms with Gasteiger partial charge in [-0.15, -0.1) is 0 Å². The van der Waals surface area contributed by atoms with E-state index in [2.05, 4.69) is 15.7 Å². The van der Waals surface area contributed by atoms with Crippen molar-refractivity contribution < 1.29 is 32.4 Å². The maximum Gasteiger partial charge on any atom is 0.466 e. The zero-order valence-electron chi connectivity index (χ0n) is 19.7. The summed E-state index contributed by atoms with van der Waals surface area (Å²) in [5.41, 5.74) is 2.53. The molecule has 194 valence electrons. The second-order valence-corrected chi connectivity index (χ2v) is 10.7. The average molecular weight is 555 g/mol. The molecule has 3 aromatic rings. The van der Waals surface area contributed by atoms with E-state index in [0.29, 0.717) is 29.5 Å². The molecule has 0 saturated heterocycles. The fourth-order valence-corrected chi connectivity index (χ4v) is 4.24. The smallest absolute Gasteiger partial charge is 0.466 e. The Kier molecular flexibility index (Phi) is 11.1. The van der Waals surface area contributed by atoms with Gasteiger partial charge in [0.15, 0.2) is 0 Å². The lowest BCUT2D eigenvalue weighted by Crippen LogP contribution is -2.20. The van der Waals surface area contributed by atoms with Gasteiger partial charge in [0.25, 0.3) is 10.0 Å². The second-order valence-electron chi connectivity index (χ2n) is 7.60. The Morgan fingerprint density at radius 2 is 1.58 bits per heavy atom. The van der Waals surface area contributed by atoms with Crippen LogP contribution in [0, 0.1) is 0 Å². The average Bonchev–Trinajstić information content (AvgIpc) is 2.80. The maximum absolute atomic E-state index is 12.8. The highest BCUT2D eigenvalue weighted by molar-refractivity contribution is 7.92. The number of nitrogens with zero attached hydrogens (tertiary/aromatic N) is 1. The molecule has 0 fully saturated rings. The molecule has 36 heavy (non-hydrogen) atoms. The number of halogens is 1. The lowest BCUT2D eigenvalue weighted by Gasteiger charge is -2.18. The summed E-state index contributed by atoms with van der Waals surface area (Å²) in [6.45, 7) is 1.30. The Balaban J connectivity index is 0.000000830. The van der Waals surface area contributed by atoms with Crippen LogP contribution in [0.15, 0.2) is 83.8 Å². The lowest BCUT2D eigenvalue weighted by molar-refractivity contribution is 0.275. The highest BCUT2D eigenvalue weighted by Gasteiger charge is 2.16. The van der Waals surface area contributed by atoms with E-state index in [1.165, 1.54) is 12.1 Å². The standard InChI is InChI=1S/C24H25ClN2O3S.H3O4P/c1-27(17-5-6-19-9-11-21(25)12-10-19)18-20-7-3-4-8-24(20)26-31(28,29)23-15-13-22(30-2)14-16-23;1-5(2,3)4/h3-16,26H,17-18H2,1-2H3;(H3,1,2,3,4)/b6-5+;. The Labute approximate surface area is 215 Å². The van der Waals surface area contributed by atoms with Crippen LogP contribution in [-0.4, -0.2) is 48.7 Å². The molecule has 0 saturated carbocycles. The molecule has 0 heterocycles. The molecule has 0 radical (unpaired) electrons. The van der Waals surface area contributed by atoms with Crippen molar-refractivity contribution in [2.24, 2.45) is 0 Å². The highest BCUT2D eigenvalue weighted by atomic mass is 35.5. The van der Waals surface area contributed by atoms with Crippen LogP contribution < -0.4 is 9.46 Å². The number of benzene rings is 3. The minimum absolute atomic E-state index is 0.183. The molecule has 0 aliphatic heterocycles. The molecular formula is C24H28ClN2O7PS. The topological polar surface area (TPSA) is 136 Å². The van der Waals surface area contributed by atoms with E-state index < -0.39 is 17.8 Å². The summed E-state index contributed by atoms with van der Waals surface area (Å²) in [6.07, 6.45) is 4.10. The largest absolute Gasteiger partial charge is 0.497 e. The summed E-state index contributed by atoms with van der Waals surface area (Å²) in [6, 6.07) is 21.3. The van der Waals surface area contributed by atoms with Gasteiger partial charge in [0.1, 0.15) is 5.75 Å². The van der Waals surface area contributed by atoms with Crippen molar-refractivity contribution >= 4 is 41.2 Å². The third kappa shape index (κ3) is 10.9. The number of para-hydroxylation sites is 1. The fraction of sp³-hybridized carbons (Fsp3) is 0.167. The zero-order chi connectivity index (χ0) is 26.8. The molecule has 0 atom stereocenters. The molecule has 0 aliphatic carbocycles. The van der Waals surface area contributed by atoms with E-state index in [9.17, 15) is 8.42 Å². The number of rotatable bonds is 9. The van der Waals surface area contributed by atoms with Gasteiger partial charge in [-0.05, 0) is 60.6 Å². The van der Waals surface area contributed by atoms with E-state index in [4.69, 9.17) is 35.6 Å². The molecule has 9 nitrogen and oxygen atoms in total. The number of sulfonamides is 1. The van der Waals surface area contributed by atoms with Gasteiger partial charge in [-0.2, -0.15) is 0 Å². The molecule has 0 aromatic heterocycles. The van der Waals surface area contributed by atoms with E-state index in [1.807, 2.05) is 55.6 Å². The van der Waals surface area contributed by atoms with Crippen molar-refractivity contribution in [2.45, 2.75) is 11.4 Å². The van der Waals surface area contributed by atoms with Crippen LogP contribution >= 0.6 is 19.4 Å². The van der Waals surface area contributed by atoms with Crippen LogP contribution in [0.3, 0.4) is 0 Å². The van der Waals surface area contributed by atoms with E-state index in [-0.39, 0.29) is 4.90 Å². The van der Waals surface area contributed by atoms with Crippen LogP contribution in [-0.2, 0) is 21.1 Å². The minimum Gasteiger partial charge on any atom is -0.497 e. The van der Waals surface area contributed by atoms with Crippen LogP contribution in [0.2, 0.25) is 5.02 Å². The summed E-state index contributed by atoms with van der Waals surface area (Å²) in [4.78, 5) is 23.8. The van der Waals surface area contributed by atoms with Gasteiger partial charge in [0.05, 0.1) is 17.7 Å². The Bertz CT molecular complexity index is 1290. The first kappa shape index (κ1) is 29.5. The Hall–Kier alpha value is -2.69. The highest BCUT2D eigenvalue weighted by Crippen LogP contribution is 2.26. The van der Waals surface area contributed by atoms with Crippen molar-refractivity contribution in [3.05, 3.63) is 95.0 Å². The summed E-state index contributed by atoms with van der Waals surface area (Å²) in [5.74, 6) is 0.604. The zero-order valence-corrected chi connectivity index (χ0v) is 22.1. The predicted molar refractivity (Wildman–Crippen MR) is 141 cm³/mol. The van der Waals surface area contributed by atoms with Gasteiger partial charge in [-0.3, -0.25) is 9.62 Å². The van der Waals surface area contributed by atoms with Gasteiger partial charge in [0, 0.05) is 18.1 Å². The first-order valence-electron chi connectivity index (χ1n) is 10.5. The molecule has 4 N–H and O–H groups in total. The number of methoxy groups -OCH3 is 1. The maximum atomic E-state index is 12.8. The SMILES string of the molecule is COc1ccc(S(=O)(=O)Nc2ccccc2CN(C)C/C=C/c2ccc(Cl)cc2)cc1.O=P(O)(O)O. The number of phosphoric acid groups is 1. The van der Waals surface area contributed by atoms with Gasteiger partial charge >= 0.3 is 7.82 Å². The molecule has 0 amide bonds. The van der Waals surface area contributed by atoms with Crippen molar-refractivity contribution in [1.29, 1.82) is 0 Å². The quantitative estimate of drug-likeness (QED) is 0.286. The predicted octanol–water partition coefficient (Wildman–Crippen LogP) is 4.37. The lowest BCUT2D eigenvalue weighted by atomic mass is 10.1. The van der Waals surface area contributed by atoms with Crippen LogP contribution in [0.1, 0.15) is 11.1 Å². The molecule has 3 aromatic carbocycles. The first-order chi connectivity index (χ1) is 16.9. The van der Waals surface area contributed by atoms with E-state index in [1.54, 1.807) is 25.3 Å². The summed E-state index contributed by atoms with van der Waals surface area (Å²) in [5, 5.41) is 0.711. The number of ether oxygens (including phenoxy) is 1. The summed E-state index contributed by atoms with van der Waals surface area (Å²) < 4.78 is 42.3. The summed E-state index contributed by atoms with van der Waals surface area (Å²) in [7, 11) is -4.81. The fourth-order valence-electron chi connectivity index (χ4n) is 3.01. The molecule has 12 heteroatoms. The van der Waals surface area contributed by atoms with Crippen molar-refractivity contribution in [3.63, 3.8) is 0 Å². The Morgan fingerprint density at radius 1 is 1.00 bits per heavy atom. The number of hydrogen-bond acceptors (Lipinski definition) is 5. The second kappa shape index (κ2) is 13.6. The Morgan fingerprint density at radius 3 is 2.17 bits per heavy atom. The molecule has 0 unspecified atom stereocenters. The minimum atomic E-state index is -4.64. The number of hydrogen-bond donors (Lipinski definition) is 4. The molecule has 0 bridgehead atoms. The van der Waals surface area contributed by atoms with Gasteiger partial charge in [0.2, 0.25) is 0 Å². The molecule has 0 aliphatic rings. The van der Waals surface area contributed by atoms with Gasteiger partial charge in [-0.25, -0.2) is 13.0 Å². The van der Waals surface area contributed by atoms with Crippen molar-refractivity contribution in [3.8, 4) is 5.75 Å². The van der Waals surface area contributed by atoms with Gasteiger partial charge < -0.3 is 19.4 Å².